The van der Waals surface area contributed by atoms with E-state index < -0.39 is 12.2 Å². The van der Waals surface area contributed by atoms with E-state index in [1.54, 1.807) is 24.3 Å². The highest BCUT2D eigenvalue weighted by molar-refractivity contribution is 5.30. The lowest BCUT2D eigenvalue weighted by Crippen LogP contribution is -2.48. The summed E-state index contributed by atoms with van der Waals surface area (Å²) in [7, 11) is 0. The van der Waals surface area contributed by atoms with Crippen LogP contribution in [0.3, 0.4) is 0 Å². The standard InChI is InChI=1S/C22H27F2NO3/c1-15-11-25(12-16(2)28-15)13-21(26)14-27-22(17-3-7-19(23)8-4-17)18-5-9-20(24)10-6-18/h3-10,15-16,21-22,26H,11-14H2,1-2H3/t15-,16+,21-/m0/s1. The van der Waals surface area contributed by atoms with E-state index in [-0.39, 0.29) is 30.4 Å². The van der Waals surface area contributed by atoms with Crippen LogP contribution in [0.1, 0.15) is 31.1 Å². The lowest BCUT2D eigenvalue weighted by Gasteiger charge is -2.36. The number of aliphatic hydroxyl groups excluding tert-OH is 1. The van der Waals surface area contributed by atoms with Crippen molar-refractivity contribution in [2.24, 2.45) is 0 Å². The van der Waals surface area contributed by atoms with Gasteiger partial charge in [0.25, 0.3) is 0 Å². The van der Waals surface area contributed by atoms with Crippen LogP contribution >= 0.6 is 0 Å². The maximum absolute atomic E-state index is 13.3. The van der Waals surface area contributed by atoms with Crippen LogP contribution in [0.15, 0.2) is 48.5 Å². The summed E-state index contributed by atoms with van der Waals surface area (Å²) in [5, 5.41) is 10.5. The van der Waals surface area contributed by atoms with Crippen molar-refractivity contribution in [2.45, 2.75) is 38.3 Å². The van der Waals surface area contributed by atoms with Crippen LogP contribution in [-0.2, 0) is 9.47 Å². The van der Waals surface area contributed by atoms with Crippen LogP contribution in [0.25, 0.3) is 0 Å². The molecule has 6 heteroatoms. The summed E-state index contributed by atoms with van der Waals surface area (Å²) in [5.41, 5.74) is 1.49. The van der Waals surface area contributed by atoms with Gasteiger partial charge in [-0.25, -0.2) is 8.78 Å². The van der Waals surface area contributed by atoms with Gasteiger partial charge in [0.05, 0.1) is 24.9 Å². The van der Waals surface area contributed by atoms with Crippen molar-refractivity contribution in [1.29, 1.82) is 0 Å². The molecule has 1 aliphatic heterocycles. The molecule has 2 aromatic carbocycles. The molecule has 0 saturated carbocycles. The van der Waals surface area contributed by atoms with E-state index in [1.165, 1.54) is 24.3 Å². The second-order valence-corrected chi connectivity index (χ2v) is 7.45. The van der Waals surface area contributed by atoms with Gasteiger partial charge in [0.1, 0.15) is 17.7 Å². The average molecular weight is 391 g/mol. The highest BCUT2D eigenvalue weighted by atomic mass is 19.1. The van der Waals surface area contributed by atoms with Crippen molar-refractivity contribution in [2.75, 3.05) is 26.2 Å². The number of nitrogens with zero attached hydrogens (tertiary/aromatic N) is 1. The van der Waals surface area contributed by atoms with E-state index >= 15 is 0 Å². The highest BCUT2D eigenvalue weighted by Gasteiger charge is 2.24. The quantitative estimate of drug-likeness (QED) is 0.784. The molecular formula is C22H27F2NO3. The van der Waals surface area contributed by atoms with Crippen LogP contribution in [0.2, 0.25) is 0 Å². The molecule has 28 heavy (non-hydrogen) atoms. The molecule has 0 bridgehead atoms. The third kappa shape index (κ3) is 5.82. The minimum Gasteiger partial charge on any atom is -0.389 e. The smallest absolute Gasteiger partial charge is 0.123 e. The van der Waals surface area contributed by atoms with E-state index in [1.807, 2.05) is 13.8 Å². The number of halogens is 2. The first-order valence-corrected chi connectivity index (χ1v) is 9.59. The van der Waals surface area contributed by atoms with Gasteiger partial charge in [0.15, 0.2) is 0 Å². The predicted molar refractivity (Wildman–Crippen MR) is 103 cm³/mol. The molecule has 3 atom stereocenters. The van der Waals surface area contributed by atoms with Crippen molar-refractivity contribution in [3.8, 4) is 0 Å². The fourth-order valence-corrected chi connectivity index (χ4v) is 3.65. The molecule has 0 spiro atoms. The number of hydrogen-bond donors (Lipinski definition) is 1. The van der Waals surface area contributed by atoms with Crippen LogP contribution in [0.4, 0.5) is 8.78 Å². The van der Waals surface area contributed by atoms with Gasteiger partial charge < -0.3 is 14.6 Å². The predicted octanol–water partition coefficient (Wildman–Crippen LogP) is 3.54. The molecule has 3 rings (SSSR count). The van der Waals surface area contributed by atoms with Gasteiger partial charge in [0.2, 0.25) is 0 Å². The Kier molecular flexibility index (Phi) is 7.13. The molecule has 1 fully saturated rings. The molecule has 0 amide bonds. The third-order valence-electron chi connectivity index (χ3n) is 4.76. The van der Waals surface area contributed by atoms with Crippen LogP contribution in [0.5, 0.6) is 0 Å². The first kappa shape index (κ1) is 20.9. The van der Waals surface area contributed by atoms with E-state index in [2.05, 4.69) is 4.90 Å². The first-order chi connectivity index (χ1) is 13.4. The maximum atomic E-state index is 13.3. The molecule has 0 unspecified atom stereocenters. The van der Waals surface area contributed by atoms with Crippen LogP contribution in [0, 0.1) is 11.6 Å². The topological polar surface area (TPSA) is 41.9 Å². The Morgan fingerprint density at radius 1 is 0.964 bits per heavy atom. The first-order valence-electron chi connectivity index (χ1n) is 9.59. The number of rotatable bonds is 7. The highest BCUT2D eigenvalue weighted by Crippen LogP contribution is 2.27. The van der Waals surface area contributed by atoms with E-state index in [4.69, 9.17) is 9.47 Å². The second-order valence-electron chi connectivity index (χ2n) is 7.45. The molecule has 0 aromatic heterocycles. The Labute approximate surface area is 164 Å². The van der Waals surface area contributed by atoms with Gasteiger partial charge in [0, 0.05) is 19.6 Å². The Bertz CT molecular complexity index is 683. The second kappa shape index (κ2) is 9.56. The number of benzene rings is 2. The summed E-state index contributed by atoms with van der Waals surface area (Å²) in [6.45, 7) is 6.16. The lowest BCUT2D eigenvalue weighted by atomic mass is 10.0. The molecule has 1 N–H and O–H groups in total. The summed E-state index contributed by atoms with van der Waals surface area (Å²) in [6, 6.07) is 12.0. The van der Waals surface area contributed by atoms with E-state index in [0.29, 0.717) is 6.54 Å². The monoisotopic (exact) mass is 391 g/mol. The molecule has 1 aliphatic rings. The minimum atomic E-state index is -0.680. The zero-order chi connectivity index (χ0) is 20.1. The number of hydrogen-bond acceptors (Lipinski definition) is 4. The fraction of sp³-hybridized carbons (Fsp3) is 0.455. The number of β-amino-alcohol motifs (C(OH)–C–C–N with tert-alkyl or cyclic N) is 1. The van der Waals surface area contributed by atoms with Gasteiger partial charge >= 0.3 is 0 Å². The lowest BCUT2D eigenvalue weighted by molar-refractivity contribution is -0.0843. The summed E-state index contributed by atoms with van der Waals surface area (Å²) >= 11 is 0. The number of ether oxygens (including phenoxy) is 2. The Morgan fingerprint density at radius 2 is 1.43 bits per heavy atom. The van der Waals surface area contributed by atoms with Gasteiger partial charge in [-0.15, -0.1) is 0 Å². The zero-order valence-corrected chi connectivity index (χ0v) is 16.2. The zero-order valence-electron chi connectivity index (χ0n) is 16.2. The third-order valence-corrected chi connectivity index (χ3v) is 4.76. The van der Waals surface area contributed by atoms with E-state index in [0.717, 1.165) is 24.2 Å². The molecular weight excluding hydrogens is 364 g/mol. The maximum Gasteiger partial charge on any atom is 0.123 e. The minimum absolute atomic E-state index is 0.111. The Balaban J connectivity index is 1.65. The molecule has 1 heterocycles. The summed E-state index contributed by atoms with van der Waals surface area (Å²) in [6.07, 6.45) is -0.939. The van der Waals surface area contributed by atoms with Crippen LogP contribution < -0.4 is 0 Å². The molecule has 4 nitrogen and oxygen atoms in total. The fourth-order valence-electron chi connectivity index (χ4n) is 3.65. The van der Waals surface area contributed by atoms with Gasteiger partial charge in [-0.2, -0.15) is 0 Å². The van der Waals surface area contributed by atoms with Gasteiger partial charge in [-0.05, 0) is 49.2 Å². The van der Waals surface area contributed by atoms with Crippen LogP contribution in [-0.4, -0.2) is 54.6 Å². The molecule has 0 radical (unpaired) electrons. The average Bonchev–Trinajstić information content (AvgIpc) is 2.64. The Hall–Kier alpha value is -1.86. The Morgan fingerprint density at radius 3 is 1.89 bits per heavy atom. The molecule has 2 aromatic rings. The summed E-state index contributed by atoms with van der Waals surface area (Å²) in [4.78, 5) is 2.16. The number of morpholine rings is 1. The molecule has 1 saturated heterocycles. The summed E-state index contributed by atoms with van der Waals surface area (Å²) in [5.74, 6) is -0.672. The van der Waals surface area contributed by atoms with Crippen molar-refractivity contribution >= 4 is 0 Å². The van der Waals surface area contributed by atoms with Gasteiger partial charge in [-0.1, -0.05) is 24.3 Å². The van der Waals surface area contributed by atoms with Crippen molar-refractivity contribution in [3.63, 3.8) is 0 Å². The number of aliphatic hydroxyl groups is 1. The van der Waals surface area contributed by atoms with Crippen molar-refractivity contribution in [1.82, 2.24) is 4.90 Å². The summed E-state index contributed by atoms with van der Waals surface area (Å²) < 4.78 is 38.3. The largest absolute Gasteiger partial charge is 0.389 e. The van der Waals surface area contributed by atoms with Gasteiger partial charge in [-0.3, -0.25) is 4.90 Å². The SMILES string of the molecule is C[C@@H]1CN(C[C@H](O)COC(c2ccc(F)cc2)c2ccc(F)cc2)C[C@H](C)O1. The molecule has 152 valence electrons. The normalized spacial score (nSPS) is 21.8. The van der Waals surface area contributed by atoms with Crippen molar-refractivity contribution < 1.29 is 23.4 Å². The molecule has 0 aliphatic carbocycles. The van der Waals surface area contributed by atoms with Crippen molar-refractivity contribution in [3.05, 3.63) is 71.3 Å². The van der Waals surface area contributed by atoms with E-state index in [9.17, 15) is 13.9 Å².